The number of aromatic nitrogens is 1. The molecule has 0 bridgehead atoms. The van der Waals surface area contributed by atoms with Gasteiger partial charge in [0.1, 0.15) is 11.6 Å². The zero-order chi connectivity index (χ0) is 22.9. The van der Waals surface area contributed by atoms with Crippen LogP contribution >= 0.6 is 0 Å². The summed E-state index contributed by atoms with van der Waals surface area (Å²) in [6, 6.07) is 21.4. The SMILES string of the molecule is O=C1C(=O)N(CCc2c[nH]c3ccccc23)C(c2cccc(F)c2)/C1=C(/O)c1ccccc1. The number of likely N-dealkylation sites (tertiary alicyclic amines) is 1. The lowest BCUT2D eigenvalue weighted by atomic mass is 9.95. The van der Waals surface area contributed by atoms with E-state index in [0.717, 1.165) is 16.5 Å². The summed E-state index contributed by atoms with van der Waals surface area (Å²) >= 11 is 0. The molecule has 1 aliphatic heterocycles. The maximum absolute atomic E-state index is 14.1. The first-order valence-corrected chi connectivity index (χ1v) is 10.7. The van der Waals surface area contributed by atoms with E-state index in [9.17, 15) is 19.1 Å². The lowest BCUT2D eigenvalue weighted by Gasteiger charge is -2.25. The second-order valence-electron chi connectivity index (χ2n) is 8.02. The van der Waals surface area contributed by atoms with Crippen molar-refractivity contribution in [2.24, 2.45) is 0 Å². The topological polar surface area (TPSA) is 73.4 Å². The molecule has 1 aromatic heterocycles. The lowest BCUT2D eigenvalue weighted by Crippen LogP contribution is -2.31. The molecule has 1 atom stereocenters. The average molecular weight is 440 g/mol. The summed E-state index contributed by atoms with van der Waals surface area (Å²) in [4.78, 5) is 30.8. The Balaban J connectivity index is 1.57. The van der Waals surface area contributed by atoms with Crippen LogP contribution in [0.1, 0.15) is 22.7 Å². The summed E-state index contributed by atoms with van der Waals surface area (Å²) in [6.07, 6.45) is 2.39. The van der Waals surface area contributed by atoms with E-state index in [2.05, 4.69) is 4.98 Å². The molecule has 2 heterocycles. The van der Waals surface area contributed by atoms with Crippen LogP contribution in [0, 0.1) is 5.82 Å². The van der Waals surface area contributed by atoms with Gasteiger partial charge in [0, 0.05) is 29.2 Å². The van der Waals surface area contributed by atoms with Crippen LogP contribution in [-0.2, 0) is 16.0 Å². The molecule has 0 spiro atoms. The Kier molecular flexibility index (Phi) is 5.26. The van der Waals surface area contributed by atoms with Gasteiger partial charge in [0.15, 0.2) is 0 Å². The van der Waals surface area contributed by atoms with E-state index in [1.807, 2.05) is 30.5 Å². The number of aliphatic hydroxyl groups excluding tert-OH is 1. The Morgan fingerprint density at radius 3 is 2.52 bits per heavy atom. The first-order chi connectivity index (χ1) is 16.0. The minimum atomic E-state index is -0.883. The molecule has 1 amide bonds. The van der Waals surface area contributed by atoms with Crippen molar-refractivity contribution in [3.05, 3.63) is 113 Å². The van der Waals surface area contributed by atoms with Crippen molar-refractivity contribution in [2.75, 3.05) is 6.54 Å². The number of ketones is 1. The molecule has 6 heteroatoms. The third kappa shape index (κ3) is 3.69. The van der Waals surface area contributed by atoms with Gasteiger partial charge in [-0.25, -0.2) is 4.39 Å². The molecular formula is C27H21FN2O3. The smallest absolute Gasteiger partial charge is 0.295 e. The first kappa shape index (κ1) is 20.7. The number of benzene rings is 3. The molecule has 1 saturated heterocycles. The highest BCUT2D eigenvalue weighted by Crippen LogP contribution is 2.39. The van der Waals surface area contributed by atoms with Crippen LogP contribution in [0.15, 0.2) is 90.6 Å². The molecule has 4 aromatic rings. The van der Waals surface area contributed by atoms with Crippen LogP contribution in [0.3, 0.4) is 0 Å². The van der Waals surface area contributed by atoms with Crippen molar-refractivity contribution in [1.82, 2.24) is 9.88 Å². The number of nitrogens with zero attached hydrogens (tertiary/aromatic N) is 1. The van der Waals surface area contributed by atoms with Gasteiger partial charge in [-0.15, -0.1) is 0 Å². The summed E-state index contributed by atoms with van der Waals surface area (Å²) < 4.78 is 14.1. The summed E-state index contributed by atoms with van der Waals surface area (Å²) in [6.45, 7) is 0.235. The predicted molar refractivity (Wildman–Crippen MR) is 124 cm³/mol. The predicted octanol–water partition coefficient (Wildman–Crippen LogP) is 4.97. The maximum atomic E-state index is 14.1. The number of H-pyrrole nitrogens is 1. The van der Waals surface area contributed by atoms with Crippen LogP contribution in [0.25, 0.3) is 16.7 Å². The second-order valence-corrected chi connectivity index (χ2v) is 8.02. The minimum Gasteiger partial charge on any atom is -0.507 e. The number of para-hydroxylation sites is 1. The fourth-order valence-corrected chi connectivity index (χ4v) is 4.46. The van der Waals surface area contributed by atoms with Gasteiger partial charge >= 0.3 is 0 Å². The van der Waals surface area contributed by atoms with Crippen LogP contribution in [0.5, 0.6) is 0 Å². The molecule has 1 aliphatic rings. The van der Waals surface area contributed by atoms with Crippen LogP contribution in [0.4, 0.5) is 4.39 Å². The molecule has 2 N–H and O–H groups in total. The van der Waals surface area contributed by atoms with Crippen molar-refractivity contribution >= 4 is 28.4 Å². The average Bonchev–Trinajstić information content (AvgIpc) is 3.36. The third-order valence-electron chi connectivity index (χ3n) is 6.05. The normalized spacial score (nSPS) is 17.7. The van der Waals surface area contributed by atoms with Gasteiger partial charge in [-0.3, -0.25) is 9.59 Å². The number of fused-ring (bicyclic) bond motifs is 1. The molecule has 5 rings (SSSR count). The number of hydrogen-bond acceptors (Lipinski definition) is 3. The Labute approximate surface area is 189 Å². The van der Waals surface area contributed by atoms with E-state index in [-0.39, 0.29) is 17.9 Å². The highest BCUT2D eigenvalue weighted by Gasteiger charge is 2.46. The van der Waals surface area contributed by atoms with Gasteiger partial charge in [0.05, 0.1) is 11.6 Å². The second kappa shape index (κ2) is 8.39. The van der Waals surface area contributed by atoms with Crippen LogP contribution in [-0.4, -0.2) is 33.2 Å². The third-order valence-corrected chi connectivity index (χ3v) is 6.05. The maximum Gasteiger partial charge on any atom is 0.295 e. The standard InChI is InChI=1S/C27H21FN2O3/c28-20-10-6-9-18(15-20)24-23(25(31)17-7-2-1-3-8-17)26(32)27(33)30(24)14-13-19-16-29-22-12-5-4-11-21(19)22/h1-12,15-16,24,29,31H,13-14H2/b25-23-. The van der Waals surface area contributed by atoms with E-state index in [1.165, 1.54) is 23.1 Å². The Morgan fingerprint density at radius 2 is 1.73 bits per heavy atom. The molecule has 33 heavy (non-hydrogen) atoms. The quantitative estimate of drug-likeness (QED) is 0.261. The molecule has 164 valence electrons. The van der Waals surface area contributed by atoms with E-state index in [1.54, 1.807) is 36.4 Å². The van der Waals surface area contributed by atoms with Crippen molar-refractivity contribution in [3.8, 4) is 0 Å². The van der Waals surface area contributed by atoms with Crippen molar-refractivity contribution in [2.45, 2.75) is 12.5 Å². The van der Waals surface area contributed by atoms with Crippen LogP contribution in [0.2, 0.25) is 0 Å². The summed E-state index contributed by atoms with van der Waals surface area (Å²) in [5, 5.41) is 12.0. The Bertz CT molecular complexity index is 1390. The van der Waals surface area contributed by atoms with Crippen molar-refractivity contribution < 1.29 is 19.1 Å². The lowest BCUT2D eigenvalue weighted by molar-refractivity contribution is -0.139. The van der Waals surface area contributed by atoms with Gasteiger partial charge in [-0.1, -0.05) is 60.7 Å². The summed E-state index contributed by atoms with van der Waals surface area (Å²) in [7, 11) is 0. The highest BCUT2D eigenvalue weighted by molar-refractivity contribution is 6.46. The fourth-order valence-electron chi connectivity index (χ4n) is 4.46. The molecule has 3 aromatic carbocycles. The highest BCUT2D eigenvalue weighted by atomic mass is 19.1. The van der Waals surface area contributed by atoms with Crippen molar-refractivity contribution in [3.63, 3.8) is 0 Å². The summed E-state index contributed by atoms with van der Waals surface area (Å²) in [5.41, 5.74) is 2.82. The first-order valence-electron chi connectivity index (χ1n) is 10.7. The Morgan fingerprint density at radius 1 is 0.970 bits per heavy atom. The number of carbonyl (C=O) groups excluding carboxylic acids is 2. The number of nitrogens with one attached hydrogen (secondary N) is 1. The summed E-state index contributed by atoms with van der Waals surface area (Å²) in [5.74, 6) is -2.22. The molecule has 5 nitrogen and oxygen atoms in total. The van der Waals surface area contributed by atoms with Gasteiger partial charge in [0.2, 0.25) is 0 Å². The fraction of sp³-hybridized carbons (Fsp3) is 0.111. The molecule has 1 unspecified atom stereocenters. The number of amides is 1. The van der Waals surface area contributed by atoms with E-state index in [4.69, 9.17) is 0 Å². The van der Waals surface area contributed by atoms with Crippen LogP contribution < -0.4 is 0 Å². The van der Waals surface area contributed by atoms with E-state index < -0.39 is 23.5 Å². The number of hydrogen-bond donors (Lipinski definition) is 2. The van der Waals surface area contributed by atoms with Gasteiger partial charge in [-0.05, 0) is 35.7 Å². The number of carbonyl (C=O) groups is 2. The monoisotopic (exact) mass is 440 g/mol. The molecule has 0 aliphatic carbocycles. The number of rotatable bonds is 5. The molecule has 0 radical (unpaired) electrons. The molecule has 1 fully saturated rings. The molecular weight excluding hydrogens is 419 g/mol. The number of Topliss-reactive ketones (excluding diaryl/α,β-unsaturated/α-hetero) is 1. The number of aliphatic hydroxyl groups is 1. The van der Waals surface area contributed by atoms with Gasteiger partial charge in [-0.2, -0.15) is 0 Å². The van der Waals surface area contributed by atoms with E-state index in [0.29, 0.717) is 17.5 Å². The zero-order valence-electron chi connectivity index (χ0n) is 17.7. The molecule has 0 saturated carbocycles. The number of halogens is 1. The van der Waals surface area contributed by atoms with Gasteiger partial charge in [0.25, 0.3) is 11.7 Å². The van der Waals surface area contributed by atoms with Gasteiger partial charge < -0.3 is 15.0 Å². The Hall–Kier alpha value is -4.19. The largest absolute Gasteiger partial charge is 0.507 e. The minimum absolute atomic E-state index is 0.0317. The number of aromatic amines is 1. The van der Waals surface area contributed by atoms with E-state index >= 15 is 0 Å². The van der Waals surface area contributed by atoms with Crippen molar-refractivity contribution in [1.29, 1.82) is 0 Å². The zero-order valence-corrected chi connectivity index (χ0v) is 17.7.